The van der Waals surface area contributed by atoms with Gasteiger partial charge < -0.3 is 0 Å². The summed E-state index contributed by atoms with van der Waals surface area (Å²) in [5, 5.41) is 0.844. The van der Waals surface area contributed by atoms with E-state index >= 15 is 0 Å². The lowest BCUT2D eigenvalue weighted by molar-refractivity contribution is 0.503. The predicted molar refractivity (Wildman–Crippen MR) is 76.4 cm³/mol. The summed E-state index contributed by atoms with van der Waals surface area (Å²) in [6, 6.07) is 6.18. The Morgan fingerprint density at radius 2 is 2.06 bits per heavy atom. The van der Waals surface area contributed by atoms with Gasteiger partial charge in [-0.3, -0.25) is 0 Å². The lowest BCUT2D eigenvalue weighted by atomic mass is 9.93. The molecule has 0 saturated heterocycles. The highest BCUT2D eigenvalue weighted by Gasteiger charge is 2.15. The van der Waals surface area contributed by atoms with Gasteiger partial charge in [-0.2, -0.15) is 0 Å². The Balaban J connectivity index is 2.07. The first-order valence-electron chi connectivity index (χ1n) is 6.61. The van der Waals surface area contributed by atoms with Crippen LogP contribution in [0, 0.1) is 5.92 Å². The van der Waals surface area contributed by atoms with Crippen LogP contribution in [0.3, 0.4) is 0 Å². The number of aryl methyl sites for hydroxylation is 1. The second-order valence-corrected chi connectivity index (χ2v) is 5.71. The van der Waals surface area contributed by atoms with Gasteiger partial charge in [0.1, 0.15) is 0 Å². The molecule has 1 aromatic rings. The maximum atomic E-state index is 6.09. The Labute approximate surface area is 110 Å². The Morgan fingerprint density at radius 1 is 1.35 bits per heavy atom. The third-order valence-corrected chi connectivity index (χ3v) is 4.06. The van der Waals surface area contributed by atoms with Gasteiger partial charge in [-0.15, -0.1) is 0 Å². The fourth-order valence-electron chi connectivity index (χ4n) is 2.84. The molecule has 0 bridgehead atoms. The van der Waals surface area contributed by atoms with E-state index in [2.05, 4.69) is 25.6 Å². The highest BCUT2D eigenvalue weighted by Crippen LogP contribution is 2.30. The lowest BCUT2D eigenvalue weighted by Crippen LogP contribution is -1.99. The maximum Gasteiger partial charge on any atom is 0.0409 e. The van der Waals surface area contributed by atoms with Gasteiger partial charge >= 0.3 is 0 Å². The summed E-state index contributed by atoms with van der Waals surface area (Å²) in [6.07, 6.45) is 8.14. The molecule has 17 heavy (non-hydrogen) atoms. The van der Waals surface area contributed by atoms with Crippen LogP contribution >= 0.6 is 11.6 Å². The van der Waals surface area contributed by atoms with Crippen molar-refractivity contribution in [2.24, 2.45) is 5.92 Å². The molecule has 0 atom stereocenters. The SMILES string of the molecule is C=C(C)c1ccc(Cl)cc1CCC1CCCC1. The van der Waals surface area contributed by atoms with Crippen LogP contribution in [0.2, 0.25) is 5.02 Å². The van der Waals surface area contributed by atoms with E-state index < -0.39 is 0 Å². The van der Waals surface area contributed by atoms with Crippen LogP contribution in [0.4, 0.5) is 0 Å². The zero-order valence-corrected chi connectivity index (χ0v) is 11.4. The molecule has 92 valence electrons. The molecule has 1 fully saturated rings. The van der Waals surface area contributed by atoms with Crippen LogP contribution in [0.5, 0.6) is 0 Å². The number of halogens is 1. The van der Waals surface area contributed by atoms with Gasteiger partial charge in [-0.05, 0) is 48.9 Å². The van der Waals surface area contributed by atoms with Crippen LogP contribution in [0.25, 0.3) is 5.57 Å². The Kier molecular flexibility index (Phi) is 4.28. The summed E-state index contributed by atoms with van der Waals surface area (Å²) in [5.41, 5.74) is 3.80. The molecule has 0 heterocycles. The zero-order valence-electron chi connectivity index (χ0n) is 10.6. The van der Waals surface area contributed by atoms with Gasteiger partial charge in [-0.25, -0.2) is 0 Å². The molecule has 2 rings (SSSR count). The predicted octanol–water partition coefficient (Wildman–Crippen LogP) is 5.50. The van der Waals surface area contributed by atoms with E-state index in [-0.39, 0.29) is 0 Å². The van der Waals surface area contributed by atoms with E-state index in [1.807, 2.05) is 6.07 Å². The topological polar surface area (TPSA) is 0 Å². The van der Waals surface area contributed by atoms with Gasteiger partial charge in [-0.1, -0.05) is 55.5 Å². The smallest absolute Gasteiger partial charge is 0.0409 e. The Hall–Kier alpha value is -0.750. The van der Waals surface area contributed by atoms with Gasteiger partial charge in [0.15, 0.2) is 0 Å². The van der Waals surface area contributed by atoms with E-state index in [1.54, 1.807) is 0 Å². The first-order chi connectivity index (χ1) is 8.16. The third-order valence-electron chi connectivity index (χ3n) is 3.82. The Morgan fingerprint density at radius 3 is 2.71 bits per heavy atom. The van der Waals surface area contributed by atoms with Crippen molar-refractivity contribution in [3.05, 3.63) is 40.9 Å². The summed E-state index contributed by atoms with van der Waals surface area (Å²) in [7, 11) is 0. The standard InChI is InChI=1S/C16H21Cl/c1-12(2)16-10-9-15(17)11-14(16)8-7-13-5-3-4-6-13/h9-11,13H,1,3-8H2,2H3. The summed E-state index contributed by atoms with van der Waals surface area (Å²) >= 11 is 6.09. The molecule has 1 aliphatic rings. The van der Waals surface area contributed by atoms with Crippen LogP contribution in [-0.2, 0) is 6.42 Å². The molecule has 0 N–H and O–H groups in total. The number of rotatable bonds is 4. The molecule has 0 radical (unpaired) electrons. The summed E-state index contributed by atoms with van der Waals surface area (Å²) < 4.78 is 0. The summed E-state index contributed by atoms with van der Waals surface area (Å²) in [5.74, 6) is 0.937. The molecule has 0 spiro atoms. The molecule has 0 aliphatic heterocycles. The molecule has 1 saturated carbocycles. The van der Waals surface area contributed by atoms with Crippen molar-refractivity contribution in [3.63, 3.8) is 0 Å². The second kappa shape index (κ2) is 5.73. The first-order valence-corrected chi connectivity index (χ1v) is 6.99. The summed E-state index contributed by atoms with van der Waals surface area (Å²) in [4.78, 5) is 0. The first kappa shape index (κ1) is 12.7. The highest BCUT2D eigenvalue weighted by molar-refractivity contribution is 6.30. The quantitative estimate of drug-likeness (QED) is 0.660. The van der Waals surface area contributed by atoms with Gasteiger partial charge in [0.2, 0.25) is 0 Å². The van der Waals surface area contributed by atoms with Crippen molar-refractivity contribution in [3.8, 4) is 0 Å². The lowest BCUT2D eigenvalue weighted by Gasteiger charge is -2.13. The molecule has 0 nitrogen and oxygen atoms in total. The van der Waals surface area contributed by atoms with E-state index in [4.69, 9.17) is 11.6 Å². The molecule has 1 aliphatic carbocycles. The molecule has 1 aromatic carbocycles. The van der Waals surface area contributed by atoms with Gasteiger partial charge in [0.05, 0.1) is 0 Å². The van der Waals surface area contributed by atoms with E-state index in [1.165, 1.54) is 43.2 Å². The fraction of sp³-hybridized carbons (Fsp3) is 0.500. The molecular weight excluding hydrogens is 228 g/mol. The minimum Gasteiger partial charge on any atom is -0.0955 e. The van der Waals surface area contributed by atoms with Crippen molar-refractivity contribution in [2.75, 3.05) is 0 Å². The van der Waals surface area contributed by atoms with Crippen molar-refractivity contribution in [2.45, 2.75) is 45.4 Å². The summed E-state index contributed by atoms with van der Waals surface area (Å²) in [6.45, 7) is 6.12. The number of benzene rings is 1. The maximum absolute atomic E-state index is 6.09. The average molecular weight is 249 g/mol. The van der Waals surface area contributed by atoms with Gasteiger partial charge in [0.25, 0.3) is 0 Å². The average Bonchev–Trinajstić information content (AvgIpc) is 2.78. The van der Waals surface area contributed by atoms with Crippen LogP contribution in [-0.4, -0.2) is 0 Å². The largest absolute Gasteiger partial charge is 0.0955 e. The zero-order chi connectivity index (χ0) is 12.3. The normalized spacial score (nSPS) is 16.4. The molecule has 0 amide bonds. The van der Waals surface area contributed by atoms with Gasteiger partial charge in [0, 0.05) is 5.02 Å². The molecule has 0 aromatic heterocycles. The highest BCUT2D eigenvalue weighted by atomic mass is 35.5. The van der Waals surface area contributed by atoms with E-state index in [9.17, 15) is 0 Å². The van der Waals surface area contributed by atoms with Crippen molar-refractivity contribution in [1.82, 2.24) is 0 Å². The minimum absolute atomic E-state index is 0.844. The minimum atomic E-state index is 0.844. The van der Waals surface area contributed by atoms with Crippen LogP contribution in [0.15, 0.2) is 24.8 Å². The molecular formula is C16H21Cl. The van der Waals surface area contributed by atoms with Crippen molar-refractivity contribution >= 4 is 17.2 Å². The van der Waals surface area contributed by atoms with Crippen molar-refractivity contribution < 1.29 is 0 Å². The fourth-order valence-corrected chi connectivity index (χ4v) is 3.04. The Bertz CT molecular complexity index is 400. The molecule has 1 heteroatoms. The number of hydrogen-bond acceptors (Lipinski definition) is 0. The van der Waals surface area contributed by atoms with Crippen molar-refractivity contribution in [1.29, 1.82) is 0 Å². The number of hydrogen-bond donors (Lipinski definition) is 0. The van der Waals surface area contributed by atoms with E-state index in [0.29, 0.717) is 0 Å². The second-order valence-electron chi connectivity index (χ2n) is 5.27. The third kappa shape index (κ3) is 3.35. The number of allylic oxidation sites excluding steroid dienone is 1. The van der Waals surface area contributed by atoms with Crippen LogP contribution < -0.4 is 0 Å². The van der Waals surface area contributed by atoms with E-state index in [0.717, 1.165) is 22.9 Å². The monoisotopic (exact) mass is 248 g/mol. The van der Waals surface area contributed by atoms with Crippen LogP contribution in [0.1, 0.15) is 50.2 Å². The molecule has 0 unspecified atom stereocenters.